The van der Waals surface area contributed by atoms with E-state index in [-0.39, 0.29) is 18.0 Å². The summed E-state index contributed by atoms with van der Waals surface area (Å²) in [7, 11) is 0. The number of hydrogen-bond acceptors (Lipinski definition) is 3. The van der Waals surface area contributed by atoms with Crippen molar-refractivity contribution in [2.45, 2.75) is 65.0 Å². The molecule has 3 heteroatoms. The molecule has 1 fully saturated rings. The summed E-state index contributed by atoms with van der Waals surface area (Å²) < 4.78 is 5.48. The quantitative estimate of drug-likeness (QED) is 0.751. The van der Waals surface area contributed by atoms with Gasteiger partial charge in [-0.05, 0) is 31.1 Å². The summed E-state index contributed by atoms with van der Waals surface area (Å²) in [4.78, 5) is 11.8. The second-order valence-corrected chi connectivity index (χ2v) is 5.24. The Labute approximate surface area is 98.7 Å². The van der Waals surface area contributed by atoms with Crippen molar-refractivity contribution in [3.05, 3.63) is 0 Å². The van der Waals surface area contributed by atoms with Gasteiger partial charge in [-0.15, -0.1) is 0 Å². The lowest BCUT2D eigenvalue weighted by Gasteiger charge is -2.28. The summed E-state index contributed by atoms with van der Waals surface area (Å²) in [6, 6.07) is -0.456. The lowest BCUT2D eigenvalue weighted by molar-refractivity contribution is -0.154. The molecule has 1 aliphatic rings. The van der Waals surface area contributed by atoms with E-state index in [9.17, 15) is 4.79 Å². The van der Waals surface area contributed by atoms with Crippen molar-refractivity contribution in [1.82, 2.24) is 0 Å². The van der Waals surface area contributed by atoms with Gasteiger partial charge in [0.2, 0.25) is 0 Å². The summed E-state index contributed by atoms with van der Waals surface area (Å²) in [5.41, 5.74) is 5.85. The van der Waals surface area contributed by atoms with Gasteiger partial charge in [-0.25, -0.2) is 0 Å². The van der Waals surface area contributed by atoms with E-state index in [2.05, 4.69) is 6.92 Å². The van der Waals surface area contributed by atoms with Crippen LogP contribution in [0, 0.1) is 11.8 Å². The van der Waals surface area contributed by atoms with E-state index >= 15 is 0 Å². The molecule has 3 unspecified atom stereocenters. The van der Waals surface area contributed by atoms with Crippen LogP contribution >= 0.6 is 0 Å². The highest BCUT2D eigenvalue weighted by Crippen LogP contribution is 2.26. The smallest absolute Gasteiger partial charge is 0.323 e. The van der Waals surface area contributed by atoms with Crippen LogP contribution in [0.15, 0.2) is 0 Å². The standard InChI is InChI=1S/C13H25NO2/c1-4-10(3)12(14)13(15)16-11-7-5-6-9(2)8-11/h9-12H,4-8,14H2,1-3H3/t9?,10?,11?,12-/m0/s1. The van der Waals surface area contributed by atoms with Crippen molar-refractivity contribution in [2.75, 3.05) is 0 Å². The van der Waals surface area contributed by atoms with Gasteiger partial charge in [0.15, 0.2) is 0 Å². The number of nitrogens with two attached hydrogens (primary N) is 1. The molecular formula is C13H25NO2. The van der Waals surface area contributed by atoms with E-state index in [1.165, 1.54) is 6.42 Å². The number of rotatable bonds is 4. The molecule has 1 rings (SSSR count). The SMILES string of the molecule is CCC(C)[C@H](N)C(=O)OC1CCCC(C)C1. The summed E-state index contributed by atoms with van der Waals surface area (Å²) in [6.07, 6.45) is 5.44. The molecule has 1 aliphatic carbocycles. The van der Waals surface area contributed by atoms with Gasteiger partial charge in [0.1, 0.15) is 12.1 Å². The Balaban J connectivity index is 2.38. The number of carbonyl (C=O) groups is 1. The van der Waals surface area contributed by atoms with Gasteiger partial charge < -0.3 is 10.5 Å². The van der Waals surface area contributed by atoms with Crippen LogP contribution in [-0.4, -0.2) is 18.1 Å². The number of ether oxygens (including phenoxy) is 1. The predicted octanol–water partition coefficient (Wildman–Crippen LogP) is 2.48. The molecule has 0 bridgehead atoms. The molecule has 0 radical (unpaired) electrons. The largest absolute Gasteiger partial charge is 0.461 e. The third-order valence-corrected chi connectivity index (χ3v) is 3.70. The van der Waals surface area contributed by atoms with Crippen molar-refractivity contribution in [1.29, 1.82) is 0 Å². The molecule has 2 N–H and O–H groups in total. The second-order valence-electron chi connectivity index (χ2n) is 5.24. The fraction of sp³-hybridized carbons (Fsp3) is 0.923. The zero-order valence-electron chi connectivity index (χ0n) is 10.7. The summed E-state index contributed by atoms with van der Waals surface area (Å²) >= 11 is 0. The number of esters is 1. The van der Waals surface area contributed by atoms with Gasteiger partial charge in [0.25, 0.3) is 0 Å². The van der Waals surface area contributed by atoms with Crippen molar-refractivity contribution >= 4 is 5.97 Å². The van der Waals surface area contributed by atoms with Crippen LogP contribution in [0.4, 0.5) is 0 Å². The molecule has 3 nitrogen and oxygen atoms in total. The van der Waals surface area contributed by atoms with Crippen molar-refractivity contribution in [3.8, 4) is 0 Å². The summed E-state index contributed by atoms with van der Waals surface area (Å²) in [6.45, 7) is 6.25. The number of carbonyl (C=O) groups excluding carboxylic acids is 1. The minimum Gasteiger partial charge on any atom is -0.461 e. The Hall–Kier alpha value is -0.570. The average Bonchev–Trinajstić information content (AvgIpc) is 2.27. The van der Waals surface area contributed by atoms with Crippen molar-refractivity contribution in [2.24, 2.45) is 17.6 Å². The fourth-order valence-corrected chi connectivity index (χ4v) is 2.21. The van der Waals surface area contributed by atoms with Crippen molar-refractivity contribution in [3.63, 3.8) is 0 Å². The van der Waals surface area contributed by atoms with Gasteiger partial charge >= 0.3 is 5.97 Å². The number of hydrogen-bond donors (Lipinski definition) is 1. The van der Waals surface area contributed by atoms with Crippen LogP contribution in [0.1, 0.15) is 52.9 Å². The lowest BCUT2D eigenvalue weighted by Crippen LogP contribution is -2.40. The molecule has 0 saturated heterocycles. The van der Waals surface area contributed by atoms with E-state index < -0.39 is 6.04 Å². The van der Waals surface area contributed by atoms with Crippen LogP contribution in [0.25, 0.3) is 0 Å². The van der Waals surface area contributed by atoms with E-state index in [1.807, 2.05) is 13.8 Å². The molecule has 0 aromatic heterocycles. The van der Waals surface area contributed by atoms with E-state index in [4.69, 9.17) is 10.5 Å². The first-order valence-electron chi connectivity index (χ1n) is 6.50. The first kappa shape index (κ1) is 13.5. The molecule has 0 spiro atoms. The topological polar surface area (TPSA) is 52.3 Å². The molecule has 4 atom stereocenters. The van der Waals surface area contributed by atoms with E-state index in [1.54, 1.807) is 0 Å². The van der Waals surface area contributed by atoms with Gasteiger partial charge in [0, 0.05) is 0 Å². The normalized spacial score (nSPS) is 29.5. The Bertz CT molecular complexity index is 230. The van der Waals surface area contributed by atoms with Gasteiger partial charge in [0.05, 0.1) is 0 Å². The van der Waals surface area contributed by atoms with Crippen LogP contribution < -0.4 is 5.73 Å². The van der Waals surface area contributed by atoms with Crippen LogP contribution in [-0.2, 0) is 9.53 Å². The summed E-state index contributed by atoms with van der Waals surface area (Å²) in [5.74, 6) is 0.660. The van der Waals surface area contributed by atoms with Crippen LogP contribution in [0.3, 0.4) is 0 Å². The monoisotopic (exact) mass is 227 g/mol. The third-order valence-electron chi connectivity index (χ3n) is 3.70. The molecule has 0 heterocycles. The minimum absolute atomic E-state index is 0.103. The lowest BCUT2D eigenvalue weighted by atomic mass is 9.88. The molecule has 0 aromatic rings. The maximum absolute atomic E-state index is 11.8. The molecule has 0 amide bonds. The molecular weight excluding hydrogens is 202 g/mol. The van der Waals surface area contributed by atoms with Crippen LogP contribution in [0.2, 0.25) is 0 Å². The maximum Gasteiger partial charge on any atom is 0.323 e. The van der Waals surface area contributed by atoms with Gasteiger partial charge in [-0.3, -0.25) is 4.79 Å². The zero-order valence-corrected chi connectivity index (χ0v) is 10.7. The molecule has 0 aromatic carbocycles. The Morgan fingerprint density at radius 1 is 1.50 bits per heavy atom. The highest BCUT2D eigenvalue weighted by Gasteiger charge is 2.26. The highest BCUT2D eigenvalue weighted by molar-refractivity contribution is 5.76. The zero-order chi connectivity index (χ0) is 12.1. The van der Waals surface area contributed by atoms with E-state index in [0.29, 0.717) is 5.92 Å². The minimum atomic E-state index is -0.456. The maximum atomic E-state index is 11.8. The van der Waals surface area contributed by atoms with Gasteiger partial charge in [-0.2, -0.15) is 0 Å². The van der Waals surface area contributed by atoms with Crippen LogP contribution in [0.5, 0.6) is 0 Å². The molecule has 94 valence electrons. The molecule has 0 aliphatic heterocycles. The average molecular weight is 227 g/mol. The molecule has 1 saturated carbocycles. The fourth-order valence-electron chi connectivity index (χ4n) is 2.21. The predicted molar refractivity (Wildman–Crippen MR) is 64.9 cm³/mol. The van der Waals surface area contributed by atoms with E-state index in [0.717, 1.165) is 25.7 Å². The van der Waals surface area contributed by atoms with Crippen molar-refractivity contribution < 1.29 is 9.53 Å². The Morgan fingerprint density at radius 2 is 2.19 bits per heavy atom. The second kappa shape index (κ2) is 6.24. The third kappa shape index (κ3) is 3.78. The highest BCUT2D eigenvalue weighted by atomic mass is 16.5. The first-order valence-corrected chi connectivity index (χ1v) is 6.50. The Kier molecular flexibility index (Phi) is 5.26. The first-order chi connectivity index (χ1) is 7.54. The molecule has 16 heavy (non-hydrogen) atoms. The Morgan fingerprint density at radius 3 is 2.75 bits per heavy atom. The summed E-state index contributed by atoms with van der Waals surface area (Å²) in [5, 5.41) is 0. The van der Waals surface area contributed by atoms with Gasteiger partial charge in [-0.1, -0.05) is 33.6 Å².